The van der Waals surface area contributed by atoms with Gasteiger partial charge in [-0.3, -0.25) is 9.79 Å². The van der Waals surface area contributed by atoms with E-state index in [9.17, 15) is 22.4 Å². The molecule has 0 radical (unpaired) electrons. The van der Waals surface area contributed by atoms with Crippen LogP contribution in [0.1, 0.15) is 67.6 Å². The number of aromatic nitrogens is 1. The summed E-state index contributed by atoms with van der Waals surface area (Å²) in [6, 6.07) is 5.21. The number of halogens is 4. The summed E-state index contributed by atoms with van der Waals surface area (Å²) in [5, 5.41) is 0. The zero-order chi connectivity index (χ0) is 27.8. The number of aryl methyl sites for hydroxylation is 1. The van der Waals surface area contributed by atoms with E-state index in [4.69, 9.17) is 9.47 Å². The van der Waals surface area contributed by atoms with Gasteiger partial charge < -0.3 is 14.4 Å². The third-order valence-electron chi connectivity index (χ3n) is 5.59. The molecule has 0 N–H and O–H groups in total. The lowest BCUT2D eigenvalue weighted by Gasteiger charge is -2.29. The number of hydrogen-bond acceptors (Lipinski definition) is 5. The Morgan fingerprint density at radius 1 is 1.22 bits per heavy atom. The Bertz CT molecular complexity index is 1150. The maximum absolute atomic E-state index is 14.2. The molecule has 37 heavy (non-hydrogen) atoms. The van der Waals surface area contributed by atoms with Gasteiger partial charge in [0.15, 0.2) is 11.7 Å². The van der Waals surface area contributed by atoms with Crippen molar-refractivity contribution in [2.24, 2.45) is 4.99 Å². The first-order chi connectivity index (χ1) is 17.4. The fourth-order valence-corrected chi connectivity index (χ4v) is 3.52. The first-order valence-electron chi connectivity index (χ1n) is 12.0. The molecule has 0 bridgehead atoms. The number of ether oxygens (including phenoxy) is 2. The van der Waals surface area contributed by atoms with E-state index in [1.807, 2.05) is 32.1 Å². The third-order valence-corrected chi connectivity index (χ3v) is 5.59. The zero-order valence-corrected chi connectivity index (χ0v) is 21.9. The molecule has 0 saturated carbocycles. The van der Waals surface area contributed by atoms with Gasteiger partial charge in [0, 0.05) is 32.3 Å². The van der Waals surface area contributed by atoms with E-state index in [1.165, 1.54) is 4.90 Å². The summed E-state index contributed by atoms with van der Waals surface area (Å²) in [4.78, 5) is 22.7. The number of pyridine rings is 1. The second-order valence-electron chi connectivity index (χ2n) is 8.51. The van der Waals surface area contributed by atoms with Gasteiger partial charge in [0.1, 0.15) is 12.4 Å². The third kappa shape index (κ3) is 8.03. The van der Waals surface area contributed by atoms with Crippen LogP contribution in [0.3, 0.4) is 0 Å². The highest BCUT2D eigenvalue weighted by molar-refractivity contribution is 5.99. The lowest BCUT2D eigenvalue weighted by Crippen LogP contribution is -2.42. The normalized spacial score (nSPS) is 13.4. The molecule has 0 aliphatic heterocycles. The fourth-order valence-electron chi connectivity index (χ4n) is 3.52. The smallest absolute Gasteiger partial charge is 0.417 e. The fraction of sp³-hybridized carbons (Fsp3) is 0.444. The van der Waals surface area contributed by atoms with Gasteiger partial charge in [0.25, 0.3) is 5.91 Å². The van der Waals surface area contributed by atoms with Gasteiger partial charge in [-0.1, -0.05) is 25.0 Å². The van der Waals surface area contributed by atoms with E-state index in [0.29, 0.717) is 41.6 Å². The van der Waals surface area contributed by atoms with Gasteiger partial charge in [0.05, 0.1) is 17.2 Å². The summed E-state index contributed by atoms with van der Waals surface area (Å²) in [5.41, 5.74) is 0.750. The molecular formula is C27H33F4N3O3. The van der Waals surface area contributed by atoms with Crippen LogP contribution in [0, 0.1) is 12.7 Å². The van der Waals surface area contributed by atoms with Crippen LogP contribution in [0.2, 0.25) is 0 Å². The number of rotatable bonds is 10. The highest BCUT2D eigenvalue weighted by Gasteiger charge is 2.32. The first-order valence-corrected chi connectivity index (χ1v) is 12.0. The second kappa shape index (κ2) is 13.2. The van der Waals surface area contributed by atoms with Crippen LogP contribution < -0.4 is 4.74 Å². The number of carbonyl (C=O) groups excluding carboxylic acids is 1. The molecule has 1 aromatic heterocycles. The van der Waals surface area contributed by atoms with E-state index < -0.39 is 29.5 Å². The molecule has 1 heterocycles. The molecule has 202 valence electrons. The molecular weight excluding hydrogens is 490 g/mol. The van der Waals surface area contributed by atoms with E-state index in [-0.39, 0.29) is 12.5 Å². The summed E-state index contributed by atoms with van der Waals surface area (Å²) in [7, 11) is 1.62. The van der Waals surface area contributed by atoms with Gasteiger partial charge in [0.2, 0.25) is 5.88 Å². The number of unbranched alkanes of at least 4 members (excludes halogenated alkanes) is 1. The molecule has 0 unspecified atom stereocenters. The lowest BCUT2D eigenvalue weighted by molar-refractivity contribution is -0.138. The Labute approximate surface area is 215 Å². The van der Waals surface area contributed by atoms with E-state index in [1.54, 1.807) is 33.9 Å². The molecule has 0 saturated heterocycles. The SMILES string of the molecule is CCC/C=C(\O/C(C)=N\C)c1cc(C)ccc1C(=O)N(CC)[C@@H](C)COc1ncc(C(F)(F)F)cc1F. The number of carbonyl (C=O) groups is 1. The number of benzene rings is 1. The lowest BCUT2D eigenvalue weighted by atomic mass is 10.00. The molecule has 2 aromatic rings. The van der Waals surface area contributed by atoms with Crippen molar-refractivity contribution < 1.29 is 31.8 Å². The Kier molecular flexibility index (Phi) is 10.6. The van der Waals surface area contributed by atoms with Crippen LogP contribution in [0.4, 0.5) is 17.6 Å². The van der Waals surface area contributed by atoms with Crippen molar-refractivity contribution in [3.63, 3.8) is 0 Å². The number of nitrogens with zero attached hydrogens (tertiary/aromatic N) is 3. The van der Waals surface area contributed by atoms with Crippen molar-refractivity contribution in [3.05, 3.63) is 64.6 Å². The number of hydrogen-bond donors (Lipinski definition) is 0. The summed E-state index contributed by atoms with van der Waals surface area (Å²) in [6.07, 6.45) is -0.666. The summed E-state index contributed by atoms with van der Waals surface area (Å²) >= 11 is 0. The Morgan fingerprint density at radius 3 is 2.49 bits per heavy atom. The average molecular weight is 524 g/mol. The van der Waals surface area contributed by atoms with Gasteiger partial charge in [-0.25, -0.2) is 9.37 Å². The number of allylic oxidation sites excluding steroid dienone is 1. The molecule has 1 aromatic carbocycles. The van der Waals surface area contributed by atoms with Crippen molar-refractivity contribution in [3.8, 4) is 5.88 Å². The molecule has 6 nitrogen and oxygen atoms in total. The highest BCUT2D eigenvalue weighted by Crippen LogP contribution is 2.31. The van der Waals surface area contributed by atoms with Gasteiger partial charge in [-0.15, -0.1) is 0 Å². The molecule has 0 aliphatic carbocycles. The van der Waals surface area contributed by atoms with Crippen molar-refractivity contribution in [2.75, 3.05) is 20.2 Å². The van der Waals surface area contributed by atoms with Crippen molar-refractivity contribution in [1.82, 2.24) is 9.88 Å². The topological polar surface area (TPSA) is 64.0 Å². The number of amides is 1. The minimum absolute atomic E-state index is 0.174. The second-order valence-corrected chi connectivity index (χ2v) is 8.51. The maximum Gasteiger partial charge on any atom is 0.417 e. The van der Waals surface area contributed by atoms with Crippen LogP contribution in [0.15, 0.2) is 41.5 Å². The van der Waals surface area contributed by atoms with Crippen molar-refractivity contribution >= 4 is 17.6 Å². The number of likely N-dealkylation sites (N-methyl/N-ethyl adjacent to an activating group) is 1. The van der Waals surface area contributed by atoms with Crippen molar-refractivity contribution in [1.29, 1.82) is 0 Å². The van der Waals surface area contributed by atoms with Crippen LogP contribution in [0.5, 0.6) is 5.88 Å². The molecule has 0 fully saturated rings. The van der Waals surface area contributed by atoms with E-state index in [0.717, 1.165) is 18.4 Å². The van der Waals surface area contributed by atoms with Gasteiger partial charge in [-0.05, 0) is 51.5 Å². The summed E-state index contributed by atoms with van der Waals surface area (Å²) < 4.78 is 63.8. The zero-order valence-electron chi connectivity index (χ0n) is 21.9. The minimum atomic E-state index is -4.72. The Hall–Kier alpha value is -3.43. The highest BCUT2D eigenvalue weighted by atomic mass is 19.4. The van der Waals surface area contributed by atoms with Crippen LogP contribution >= 0.6 is 0 Å². The first kappa shape index (κ1) is 29.8. The number of alkyl halides is 3. The Morgan fingerprint density at radius 2 is 1.92 bits per heavy atom. The van der Waals surface area contributed by atoms with Gasteiger partial charge >= 0.3 is 6.18 Å². The quantitative estimate of drug-likeness (QED) is 0.151. The number of aliphatic imine (C=N–C) groups is 1. The largest absolute Gasteiger partial charge is 0.473 e. The standard InChI is InChI=1S/C27H33F4N3O3/c1-7-9-10-24(37-19(5)32-6)22-13-17(3)11-12-21(22)26(35)34(8-2)18(4)16-36-25-23(28)14-20(15-33-25)27(29,30)31/h10-15,18H,7-9,16H2,1-6H3/b24-10-,32-19-/t18-/m0/s1. The minimum Gasteiger partial charge on any atom is -0.473 e. The van der Waals surface area contributed by atoms with E-state index in [2.05, 4.69) is 9.98 Å². The molecule has 10 heteroatoms. The summed E-state index contributed by atoms with van der Waals surface area (Å²) in [6.45, 7) is 9.30. The molecule has 2 rings (SSSR count). The molecule has 0 spiro atoms. The Balaban J connectivity index is 2.32. The van der Waals surface area contributed by atoms with E-state index >= 15 is 0 Å². The van der Waals surface area contributed by atoms with Crippen molar-refractivity contribution in [2.45, 2.75) is 59.7 Å². The predicted molar refractivity (Wildman–Crippen MR) is 135 cm³/mol. The van der Waals surface area contributed by atoms with Gasteiger partial charge in [-0.2, -0.15) is 13.2 Å². The maximum atomic E-state index is 14.2. The molecule has 1 amide bonds. The van der Waals surface area contributed by atoms with Crippen LogP contribution in [-0.2, 0) is 10.9 Å². The molecule has 1 atom stereocenters. The predicted octanol–water partition coefficient (Wildman–Crippen LogP) is 6.68. The monoisotopic (exact) mass is 523 g/mol. The molecule has 0 aliphatic rings. The van der Waals surface area contributed by atoms with Crippen LogP contribution in [0.25, 0.3) is 5.76 Å². The van der Waals surface area contributed by atoms with Crippen LogP contribution in [-0.4, -0.2) is 47.9 Å². The average Bonchev–Trinajstić information content (AvgIpc) is 2.85. The summed E-state index contributed by atoms with van der Waals surface area (Å²) in [5.74, 6) is -1.12.